The molecule has 0 saturated carbocycles. The molecule has 8 heteroatoms. The quantitative estimate of drug-likeness (QED) is 0.550. The van der Waals surface area contributed by atoms with Crippen molar-refractivity contribution in [1.82, 2.24) is 19.6 Å². The maximum absolute atomic E-state index is 13.1. The molecule has 2 aliphatic rings. The average molecular weight is 473 g/mol. The van der Waals surface area contributed by atoms with Crippen LogP contribution in [0, 0.1) is 5.92 Å². The van der Waals surface area contributed by atoms with Gasteiger partial charge in [0.15, 0.2) is 0 Å². The van der Waals surface area contributed by atoms with Crippen molar-refractivity contribution < 1.29 is 19.1 Å². The Morgan fingerprint density at radius 2 is 1.62 bits per heavy atom. The van der Waals surface area contributed by atoms with E-state index in [1.807, 2.05) is 58.9 Å². The van der Waals surface area contributed by atoms with Crippen molar-refractivity contribution >= 4 is 17.7 Å². The zero-order valence-corrected chi connectivity index (χ0v) is 20.8. The molecule has 0 radical (unpaired) electrons. The summed E-state index contributed by atoms with van der Waals surface area (Å²) in [4.78, 5) is 46.0. The number of nitrogens with zero attached hydrogens (tertiary/aromatic N) is 4. The second-order valence-electron chi connectivity index (χ2n) is 9.09. The molecular weight excluding hydrogens is 432 g/mol. The van der Waals surface area contributed by atoms with Gasteiger partial charge in [0, 0.05) is 58.3 Å². The van der Waals surface area contributed by atoms with Crippen LogP contribution in [0.4, 0.5) is 0 Å². The number of benzene rings is 1. The monoisotopic (exact) mass is 472 g/mol. The number of hydrogen-bond acceptors (Lipinski definition) is 5. The Kier molecular flexibility index (Phi) is 10.2. The van der Waals surface area contributed by atoms with Gasteiger partial charge in [0.25, 0.3) is 0 Å². The van der Waals surface area contributed by atoms with Gasteiger partial charge in [0.1, 0.15) is 5.75 Å². The number of para-hydroxylation sites is 1. The van der Waals surface area contributed by atoms with Crippen molar-refractivity contribution in [2.75, 3.05) is 65.5 Å². The second kappa shape index (κ2) is 13.3. The van der Waals surface area contributed by atoms with Gasteiger partial charge in [-0.25, -0.2) is 0 Å². The fourth-order valence-corrected chi connectivity index (χ4v) is 4.78. The molecule has 0 aliphatic carbocycles. The normalized spacial score (nSPS) is 17.8. The Bertz CT molecular complexity index is 791. The largest absolute Gasteiger partial charge is 0.493 e. The maximum atomic E-state index is 13.1. The number of ether oxygens (including phenoxy) is 1. The number of hydrogen-bond donors (Lipinski definition) is 0. The lowest BCUT2D eigenvalue weighted by Gasteiger charge is -2.34. The maximum Gasteiger partial charge on any atom is 0.236 e. The van der Waals surface area contributed by atoms with Crippen molar-refractivity contribution in [1.29, 1.82) is 0 Å². The number of amides is 3. The van der Waals surface area contributed by atoms with E-state index in [1.54, 1.807) is 0 Å². The van der Waals surface area contributed by atoms with Crippen LogP contribution >= 0.6 is 0 Å². The summed E-state index contributed by atoms with van der Waals surface area (Å²) in [6.45, 7) is 10.5. The number of piperidine rings is 1. The van der Waals surface area contributed by atoms with E-state index in [2.05, 4.69) is 4.90 Å². The summed E-state index contributed by atoms with van der Waals surface area (Å²) in [5.74, 6) is 1.21. The minimum atomic E-state index is -0.0199. The van der Waals surface area contributed by atoms with Crippen LogP contribution in [0.1, 0.15) is 39.5 Å². The molecule has 0 N–H and O–H groups in total. The van der Waals surface area contributed by atoms with Crippen molar-refractivity contribution in [3.8, 4) is 5.75 Å². The summed E-state index contributed by atoms with van der Waals surface area (Å²) in [5.41, 5.74) is 0. The highest BCUT2D eigenvalue weighted by Gasteiger charge is 2.31. The zero-order valence-electron chi connectivity index (χ0n) is 20.8. The van der Waals surface area contributed by atoms with Crippen molar-refractivity contribution in [3.63, 3.8) is 0 Å². The van der Waals surface area contributed by atoms with Crippen LogP contribution in [0.3, 0.4) is 0 Å². The molecule has 8 nitrogen and oxygen atoms in total. The lowest BCUT2D eigenvalue weighted by atomic mass is 9.95. The number of rotatable bonds is 9. The summed E-state index contributed by atoms with van der Waals surface area (Å²) in [7, 11) is 0. The van der Waals surface area contributed by atoms with Gasteiger partial charge >= 0.3 is 0 Å². The molecule has 34 heavy (non-hydrogen) atoms. The standard InChI is InChI=1S/C26H40N4O4/c1-3-28(4-2)25(32)21-27-14-8-15-30(19-18-27)26(33)22-11-16-29(17-12-22)24(31)13-20-34-23-9-6-5-7-10-23/h5-7,9-10,22H,3-4,8,11-21H2,1-2H3. The van der Waals surface area contributed by atoms with Gasteiger partial charge in [-0.3, -0.25) is 19.3 Å². The molecule has 3 amide bonds. The Hall–Kier alpha value is -2.61. The lowest BCUT2D eigenvalue weighted by Crippen LogP contribution is -2.46. The van der Waals surface area contributed by atoms with Gasteiger partial charge < -0.3 is 19.4 Å². The van der Waals surface area contributed by atoms with Gasteiger partial charge in [0.2, 0.25) is 17.7 Å². The Morgan fingerprint density at radius 3 is 2.29 bits per heavy atom. The number of likely N-dealkylation sites (tertiary alicyclic amines) is 1. The molecule has 1 aromatic carbocycles. The third-order valence-corrected chi connectivity index (χ3v) is 6.90. The second-order valence-corrected chi connectivity index (χ2v) is 9.09. The highest BCUT2D eigenvalue weighted by Crippen LogP contribution is 2.21. The Labute approximate surface area is 203 Å². The van der Waals surface area contributed by atoms with Gasteiger partial charge in [-0.05, 0) is 45.2 Å². The fourth-order valence-electron chi connectivity index (χ4n) is 4.78. The first kappa shape index (κ1) is 26.0. The van der Waals surface area contributed by atoms with E-state index in [1.165, 1.54) is 0 Å². The number of likely N-dealkylation sites (N-methyl/N-ethyl adjacent to an activating group) is 1. The van der Waals surface area contributed by atoms with E-state index in [9.17, 15) is 14.4 Å². The van der Waals surface area contributed by atoms with Gasteiger partial charge in [0.05, 0.1) is 19.6 Å². The molecule has 1 aromatic rings. The molecule has 2 fully saturated rings. The summed E-state index contributed by atoms with van der Waals surface area (Å²) in [6.07, 6.45) is 2.66. The molecule has 0 unspecified atom stereocenters. The van der Waals surface area contributed by atoms with E-state index in [0.29, 0.717) is 52.0 Å². The van der Waals surface area contributed by atoms with E-state index < -0.39 is 0 Å². The van der Waals surface area contributed by atoms with Crippen LogP contribution in [-0.4, -0.2) is 103 Å². The summed E-state index contributed by atoms with van der Waals surface area (Å²) < 4.78 is 5.64. The molecule has 0 aromatic heterocycles. The lowest BCUT2D eigenvalue weighted by molar-refractivity contribution is -0.140. The predicted octanol–water partition coefficient (Wildman–Crippen LogP) is 2.10. The van der Waals surface area contributed by atoms with Crippen LogP contribution in [0.25, 0.3) is 0 Å². The van der Waals surface area contributed by atoms with Crippen molar-refractivity contribution in [3.05, 3.63) is 30.3 Å². The smallest absolute Gasteiger partial charge is 0.236 e. The van der Waals surface area contributed by atoms with Gasteiger partial charge in [-0.15, -0.1) is 0 Å². The van der Waals surface area contributed by atoms with Crippen molar-refractivity contribution in [2.24, 2.45) is 5.92 Å². The molecular formula is C26H40N4O4. The number of carbonyl (C=O) groups excluding carboxylic acids is 3. The molecule has 188 valence electrons. The molecule has 0 spiro atoms. The van der Waals surface area contributed by atoms with Crippen LogP contribution in [0.2, 0.25) is 0 Å². The van der Waals surface area contributed by atoms with Gasteiger partial charge in [-0.1, -0.05) is 18.2 Å². The number of carbonyl (C=O) groups is 3. The predicted molar refractivity (Wildman–Crippen MR) is 131 cm³/mol. The summed E-state index contributed by atoms with van der Waals surface area (Å²) >= 11 is 0. The Morgan fingerprint density at radius 1 is 0.912 bits per heavy atom. The van der Waals surface area contributed by atoms with Crippen LogP contribution in [0.5, 0.6) is 5.75 Å². The third kappa shape index (κ3) is 7.45. The highest BCUT2D eigenvalue weighted by atomic mass is 16.5. The van der Waals surface area contributed by atoms with E-state index in [0.717, 1.165) is 44.9 Å². The van der Waals surface area contributed by atoms with E-state index >= 15 is 0 Å². The van der Waals surface area contributed by atoms with Crippen LogP contribution < -0.4 is 4.74 Å². The van der Waals surface area contributed by atoms with Crippen LogP contribution in [0.15, 0.2) is 30.3 Å². The van der Waals surface area contributed by atoms with Crippen molar-refractivity contribution in [2.45, 2.75) is 39.5 Å². The van der Waals surface area contributed by atoms with Crippen LogP contribution in [-0.2, 0) is 14.4 Å². The minimum Gasteiger partial charge on any atom is -0.493 e. The first-order chi connectivity index (χ1) is 16.5. The molecule has 2 heterocycles. The fraction of sp³-hybridized carbons (Fsp3) is 0.654. The molecule has 2 saturated heterocycles. The zero-order chi connectivity index (χ0) is 24.3. The molecule has 0 bridgehead atoms. The average Bonchev–Trinajstić information content (AvgIpc) is 3.10. The Balaban J connectivity index is 1.38. The highest BCUT2D eigenvalue weighted by molar-refractivity contribution is 5.80. The first-order valence-corrected chi connectivity index (χ1v) is 12.8. The summed E-state index contributed by atoms with van der Waals surface area (Å²) in [6, 6.07) is 9.51. The van der Waals surface area contributed by atoms with Gasteiger partial charge in [-0.2, -0.15) is 0 Å². The third-order valence-electron chi connectivity index (χ3n) is 6.90. The minimum absolute atomic E-state index is 0.0199. The summed E-state index contributed by atoms with van der Waals surface area (Å²) in [5, 5.41) is 0. The molecule has 3 rings (SSSR count). The van der Waals surface area contributed by atoms with E-state index in [-0.39, 0.29) is 23.6 Å². The first-order valence-electron chi connectivity index (χ1n) is 12.8. The molecule has 0 atom stereocenters. The van der Waals surface area contributed by atoms with E-state index in [4.69, 9.17) is 4.74 Å². The SMILES string of the molecule is CCN(CC)C(=O)CN1CCCN(C(=O)C2CCN(C(=O)CCOc3ccccc3)CC2)CC1. The topological polar surface area (TPSA) is 73.4 Å². The molecule has 2 aliphatic heterocycles.